The third-order valence-corrected chi connectivity index (χ3v) is 8.47. The minimum Gasteiger partial charge on any atom is -0.489 e. The Morgan fingerprint density at radius 1 is 1.24 bits per heavy atom. The van der Waals surface area contributed by atoms with E-state index in [2.05, 4.69) is 10.1 Å². The van der Waals surface area contributed by atoms with E-state index in [9.17, 15) is 18.7 Å². The Balaban J connectivity index is 1.23. The third-order valence-electron chi connectivity index (χ3n) is 7.92. The van der Waals surface area contributed by atoms with Gasteiger partial charge in [0.1, 0.15) is 23.8 Å². The van der Waals surface area contributed by atoms with Crippen LogP contribution < -0.4 is 4.74 Å². The number of rotatable bonds is 5. The minimum atomic E-state index is -0.989. The number of carbonyl (C=O) groups is 1. The summed E-state index contributed by atoms with van der Waals surface area (Å²) in [7, 11) is 0. The summed E-state index contributed by atoms with van der Waals surface area (Å²) in [5.41, 5.74) is 4.03. The van der Waals surface area contributed by atoms with Gasteiger partial charge in [-0.25, -0.2) is 18.3 Å². The molecule has 3 aliphatic heterocycles. The van der Waals surface area contributed by atoms with Crippen molar-refractivity contribution in [3.8, 4) is 5.75 Å². The van der Waals surface area contributed by atoms with Gasteiger partial charge in [-0.05, 0) is 32.4 Å². The van der Waals surface area contributed by atoms with Crippen LogP contribution in [-0.2, 0) is 13.1 Å². The van der Waals surface area contributed by atoms with E-state index in [0.29, 0.717) is 48.7 Å². The summed E-state index contributed by atoms with van der Waals surface area (Å²) in [6.45, 7) is 4.71. The number of aromatic nitrogens is 3. The average molecular weight is 532 g/mol. The Morgan fingerprint density at radius 2 is 2.05 bits per heavy atom. The summed E-state index contributed by atoms with van der Waals surface area (Å²) in [5.74, 6) is -0.640. The molecule has 196 valence electrons. The zero-order chi connectivity index (χ0) is 26.0. The molecule has 2 fully saturated rings. The molecule has 1 amide bonds. The number of amides is 1. The van der Waals surface area contributed by atoms with Crippen LogP contribution in [0, 0.1) is 19.7 Å². The van der Waals surface area contributed by atoms with Gasteiger partial charge in [0.05, 0.1) is 47.4 Å². The zero-order valence-corrected chi connectivity index (χ0v) is 21.4. The Hall–Kier alpha value is -2.82. The van der Waals surface area contributed by atoms with Crippen molar-refractivity contribution in [1.82, 2.24) is 24.4 Å². The number of aliphatic hydroxyl groups excluding tert-OH is 1. The number of fused-ring (bicyclic) bond motifs is 5. The van der Waals surface area contributed by atoms with Gasteiger partial charge in [-0.1, -0.05) is 11.6 Å². The largest absolute Gasteiger partial charge is 0.489 e. The first kappa shape index (κ1) is 24.5. The number of ether oxygens (including phenoxy) is 1. The predicted molar refractivity (Wildman–Crippen MR) is 132 cm³/mol. The minimum absolute atomic E-state index is 0.0292. The first-order valence-corrected chi connectivity index (χ1v) is 12.9. The summed E-state index contributed by atoms with van der Waals surface area (Å²) in [5, 5.41) is 14.5. The van der Waals surface area contributed by atoms with E-state index < -0.39 is 12.0 Å². The van der Waals surface area contributed by atoms with Gasteiger partial charge in [0.25, 0.3) is 5.91 Å². The monoisotopic (exact) mass is 531 g/mol. The second kappa shape index (κ2) is 9.18. The fraction of sp³-hybridized carbons (Fsp3) is 0.500. The second-order valence-corrected chi connectivity index (χ2v) is 10.6. The van der Waals surface area contributed by atoms with Crippen molar-refractivity contribution in [2.45, 2.75) is 70.6 Å². The maximum absolute atomic E-state index is 14.6. The molecule has 0 saturated carbocycles. The molecule has 1 N–H and O–H groups in total. The van der Waals surface area contributed by atoms with Crippen molar-refractivity contribution in [1.29, 1.82) is 0 Å². The number of benzene rings is 1. The first-order valence-electron chi connectivity index (χ1n) is 12.5. The molecule has 5 heterocycles. The van der Waals surface area contributed by atoms with Crippen LogP contribution in [-0.4, -0.2) is 72.9 Å². The highest BCUT2D eigenvalue weighted by atomic mass is 35.5. The fourth-order valence-corrected chi connectivity index (χ4v) is 6.27. The summed E-state index contributed by atoms with van der Waals surface area (Å²) in [6, 6.07) is 3.52. The predicted octanol–water partition coefficient (Wildman–Crippen LogP) is 3.61. The SMILES string of the molecule is Cc1nc2c3c(nn2c(C)c1Cl)CN(C(=O)c1ccc(F)cc1O[C@@H]1CC2CC(F)C(C1)N2CCO)C3. The lowest BCUT2D eigenvalue weighted by Crippen LogP contribution is -2.48. The number of carbonyl (C=O) groups excluding carboxylic acids is 1. The van der Waals surface area contributed by atoms with Gasteiger partial charge in [0.2, 0.25) is 0 Å². The Kier molecular flexibility index (Phi) is 6.08. The van der Waals surface area contributed by atoms with Crippen LogP contribution in [0.2, 0.25) is 5.02 Å². The molecule has 0 radical (unpaired) electrons. The molecule has 37 heavy (non-hydrogen) atoms. The summed E-state index contributed by atoms with van der Waals surface area (Å²) >= 11 is 6.34. The molecule has 3 aromatic rings. The lowest BCUT2D eigenvalue weighted by Gasteiger charge is -2.38. The molecule has 0 aliphatic carbocycles. The molecule has 8 nitrogen and oxygen atoms in total. The number of hydrogen-bond acceptors (Lipinski definition) is 6. The summed E-state index contributed by atoms with van der Waals surface area (Å²) in [4.78, 5) is 21.8. The molecule has 11 heteroatoms. The van der Waals surface area contributed by atoms with E-state index in [1.165, 1.54) is 18.2 Å². The first-order chi connectivity index (χ1) is 17.7. The molecule has 1 aromatic carbocycles. The van der Waals surface area contributed by atoms with Crippen molar-refractivity contribution in [2.75, 3.05) is 13.2 Å². The van der Waals surface area contributed by atoms with Crippen molar-refractivity contribution >= 4 is 23.2 Å². The van der Waals surface area contributed by atoms with E-state index in [4.69, 9.17) is 16.3 Å². The topological polar surface area (TPSA) is 83.2 Å². The Bertz CT molecular complexity index is 1400. The van der Waals surface area contributed by atoms with Crippen LogP contribution in [0.5, 0.6) is 5.75 Å². The lowest BCUT2D eigenvalue weighted by atomic mass is 9.99. The summed E-state index contributed by atoms with van der Waals surface area (Å²) in [6.07, 6.45) is 0.0313. The number of aryl methyl sites for hydroxylation is 2. The molecule has 2 aromatic heterocycles. The summed E-state index contributed by atoms with van der Waals surface area (Å²) < 4.78 is 36.7. The van der Waals surface area contributed by atoms with E-state index in [-0.39, 0.29) is 48.6 Å². The fourth-order valence-electron chi connectivity index (χ4n) is 6.15. The smallest absolute Gasteiger partial charge is 0.258 e. The quantitative estimate of drug-likeness (QED) is 0.541. The standard InChI is InChI=1S/C26H28ClF2N5O3/c1-13-24(27)14(2)34-25(30-13)19-11-32(12-21(19)31-34)26(36)18-4-3-15(28)7-23(18)37-17-8-16-9-20(29)22(10-17)33(16)5-6-35/h3-4,7,16-17,20,22,35H,5-6,8-12H2,1-2H3/t16?,17-,20?,22?/m1/s1. The van der Waals surface area contributed by atoms with E-state index in [1.54, 1.807) is 9.42 Å². The molecule has 2 bridgehead atoms. The molecule has 3 unspecified atom stereocenters. The van der Waals surface area contributed by atoms with Gasteiger partial charge in [0, 0.05) is 43.1 Å². The van der Waals surface area contributed by atoms with Gasteiger partial charge in [-0.3, -0.25) is 9.69 Å². The van der Waals surface area contributed by atoms with E-state index >= 15 is 0 Å². The van der Waals surface area contributed by atoms with Gasteiger partial charge in [0.15, 0.2) is 5.65 Å². The molecular weight excluding hydrogens is 504 g/mol. The van der Waals surface area contributed by atoms with Crippen molar-refractivity contribution < 1.29 is 23.4 Å². The number of hydrogen-bond donors (Lipinski definition) is 1. The molecule has 0 spiro atoms. The van der Waals surface area contributed by atoms with Crippen molar-refractivity contribution in [3.63, 3.8) is 0 Å². The number of aliphatic hydroxyl groups is 1. The second-order valence-electron chi connectivity index (χ2n) is 10.2. The van der Waals surface area contributed by atoms with Gasteiger partial charge in [-0.2, -0.15) is 5.10 Å². The highest BCUT2D eigenvalue weighted by molar-refractivity contribution is 6.31. The molecular formula is C26H28ClF2N5O3. The lowest BCUT2D eigenvalue weighted by molar-refractivity contribution is 0.0284. The molecule has 2 saturated heterocycles. The van der Waals surface area contributed by atoms with Crippen LogP contribution in [0.25, 0.3) is 5.65 Å². The number of nitrogens with zero attached hydrogens (tertiary/aromatic N) is 5. The third kappa shape index (κ3) is 4.06. The normalized spacial score (nSPS) is 25.2. The number of alkyl halides is 1. The maximum atomic E-state index is 14.6. The van der Waals surface area contributed by atoms with Crippen LogP contribution >= 0.6 is 11.6 Å². The van der Waals surface area contributed by atoms with Crippen LogP contribution in [0.15, 0.2) is 18.2 Å². The van der Waals surface area contributed by atoms with Crippen molar-refractivity contribution in [3.05, 3.63) is 57.2 Å². The maximum Gasteiger partial charge on any atom is 0.258 e. The molecule has 6 rings (SSSR count). The Morgan fingerprint density at radius 3 is 2.81 bits per heavy atom. The number of piperidine rings is 1. The Labute approximate surface area is 217 Å². The van der Waals surface area contributed by atoms with E-state index in [0.717, 1.165) is 17.0 Å². The van der Waals surface area contributed by atoms with Gasteiger partial charge in [-0.15, -0.1) is 0 Å². The van der Waals surface area contributed by atoms with Gasteiger partial charge >= 0.3 is 0 Å². The van der Waals surface area contributed by atoms with E-state index in [1.807, 2.05) is 18.7 Å². The van der Waals surface area contributed by atoms with Crippen molar-refractivity contribution in [2.24, 2.45) is 0 Å². The highest BCUT2D eigenvalue weighted by Crippen LogP contribution is 2.39. The molecule has 3 aliphatic rings. The molecule has 4 atom stereocenters. The number of halogens is 3. The highest BCUT2D eigenvalue weighted by Gasteiger charge is 2.47. The van der Waals surface area contributed by atoms with Crippen LogP contribution in [0.3, 0.4) is 0 Å². The van der Waals surface area contributed by atoms with Crippen LogP contribution in [0.4, 0.5) is 8.78 Å². The average Bonchev–Trinajstić information content (AvgIpc) is 3.47. The van der Waals surface area contributed by atoms with Crippen LogP contribution in [0.1, 0.15) is 52.3 Å². The zero-order valence-electron chi connectivity index (χ0n) is 20.6. The van der Waals surface area contributed by atoms with Gasteiger partial charge < -0.3 is 14.7 Å².